The van der Waals surface area contributed by atoms with E-state index in [0.717, 1.165) is 11.8 Å². The van der Waals surface area contributed by atoms with Crippen molar-refractivity contribution >= 4 is 51.6 Å². The molecule has 3 aromatic rings. The van der Waals surface area contributed by atoms with Crippen molar-refractivity contribution in [2.24, 2.45) is 0 Å². The van der Waals surface area contributed by atoms with Crippen LogP contribution in [0.3, 0.4) is 0 Å². The first-order valence-corrected chi connectivity index (χ1v) is 13.1. The van der Waals surface area contributed by atoms with Crippen molar-refractivity contribution in [3.05, 3.63) is 41.0 Å². The van der Waals surface area contributed by atoms with E-state index in [-0.39, 0.29) is 39.9 Å². The van der Waals surface area contributed by atoms with Crippen LogP contribution in [-0.4, -0.2) is 79.6 Å². The van der Waals surface area contributed by atoms with Gasteiger partial charge in [-0.3, -0.25) is 4.79 Å². The Bertz CT molecular complexity index is 1370. The van der Waals surface area contributed by atoms with Gasteiger partial charge in [-0.1, -0.05) is 29.8 Å². The number of carbonyl (C=O) groups excluding carboxylic acids is 1. The van der Waals surface area contributed by atoms with Gasteiger partial charge in [0.2, 0.25) is 5.91 Å². The highest BCUT2D eigenvalue weighted by Gasteiger charge is 2.30. The maximum absolute atomic E-state index is 11.8. The lowest BCUT2D eigenvalue weighted by Crippen LogP contribution is -2.45. The molecule has 39 heavy (non-hydrogen) atoms. The fourth-order valence-electron chi connectivity index (χ4n) is 4.53. The molecule has 2 fully saturated rings. The van der Waals surface area contributed by atoms with Gasteiger partial charge in [-0.2, -0.15) is 0 Å². The van der Waals surface area contributed by atoms with Crippen LogP contribution in [0.4, 0.5) is 11.6 Å². The van der Waals surface area contributed by atoms with Crippen LogP contribution in [0.5, 0.6) is 11.5 Å². The molecule has 2 aliphatic heterocycles. The Morgan fingerprint density at radius 3 is 2.46 bits per heavy atom. The normalized spacial score (nSPS) is 20.6. The zero-order valence-electron chi connectivity index (χ0n) is 21.4. The van der Waals surface area contributed by atoms with E-state index in [1.54, 1.807) is 12.3 Å². The lowest BCUT2D eigenvalue weighted by atomic mass is 10.1. The van der Waals surface area contributed by atoms with Crippen LogP contribution in [0, 0.1) is 0 Å². The van der Waals surface area contributed by atoms with Crippen LogP contribution in [0.1, 0.15) is 6.42 Å². The van der Waals surface area contributed by atoms with Gasteiger partial charge in [-0.25, -0.2) is 15.0 Å². The molecule has 0 aliphatic carbocycles. The second-order valence-corrected chi connectivity index (χ2v) is 9.83. The minimum Gasteiger partial charge on any atom is -0.495 e. The van der Waals surface area contributed by atoms with Crippen molar-refractivity contribution in [3.63, 3.8) is 0 Å². The molecule has 2 aromatic heterocycles. The summed E-state index contributed by atoms with van der Waals surface area (Å²) in [6.45, 7) is 5.52. The summed E-state index contributed by atoms with van der Waals surface area (Å²) in [5.41, 5.74) is 0.952. The molecule has 1 aromatic carbocycles. The number of nitrogens with one attached hydrogen (secondary N) is 3. The molecule has 3 N–H and O–H groups in total. The molecule has 0 saturated carbocycles. The average molecular weight is 575 g/mol. The standard InChI is InChI=1S/C26H28Cl2N6O5/c1-4-21(35)32-17-12-39-11-16(17)31-20-7-14-15(9-29-20)33-26(34-25(14)30-13-5-6-38-10-13)22-23(27)18(36-2)8-19(37-3)24(22)28/h4,7-9,13,16-17H,1,5-6,10-12H2,2-3H3,(H,29,31)(H,32,35)(H,30,33,34)/t13?,16-,17+/m1/s1. The second-order valence-electron chi connectivity index (χ2n) is 9.08. The minimum atomic E-state index is -0.263. The first kappa shape index (κ1) is 27.2. The number of benzene rings is 1. The van der Waals surface area contributed by atoms with Gasteiger partial charge in [-0.05, 0) is 18.6 Å². The number of aromatic nitrogens is 3. The predicted molar refractivity (Wildman–Crippen MR) is 149 cm³/mol. The number of halogens is 2. The van der Waals surface area contributed by atoms with E-state index in [9.17, 15) is 4.79 Å². The Kier molecular flexibility index (Phi) is 8.22. The van der Waals surface area contributed by atoms with Crippen LogP contribution in [0.25, 0.3) is 22.3 Å². The fourth-order valence-corrected chi connectivity index (χ4v) is 5.20. The number of pyridine rings is 1. The van der Waals surface area contributed by atoms with Gasteiger partial charge in [-0.15, -0.1) is 0 Å². The third kappa shape index (κ3) is 5.67. The van der Waals surface area contributed by atoms with Crippen LogP contribution in [0.15, 0.2) is 31.0 Å². The van der Waals surface area contributed by atoms with Gasteiger partial charge in [0, 0.05) is 18.1 Å². The lowest BCUT2D eigenvalue weighted by molar-refractivity contribution is -0.117. The van der Waals surface area contributed by atoms with E-state index in [1.165, 1.54) is 20.3 Å². The van der Waals surface area contributed by atoms with Gasteiger partial charge in [0.15, 0.2) is 5.82 Å². The first-order valence-electron chi connectivity index (χ1n) is 12.3. The fraction of sp³-hybridized carbons (Fsp3) is 0.385. The van der Waals surface area contributed by atoms with Gasteiger partial charge < -0.3 is 34.9 Å². The molecule has 206 valence electrons. The van der Waals surface area contributed by atoms with Crippen molar-refractivity contribution in [1.29, 1.82) is 0 Å². The summed E-state index contributed by atoms with van der Waals surface area (Å²) >= 11 is 13.3. The third-order valence-corrected chi connectivity index (χ3v) is 7.33. The van der Waals surface area contributed by atoms with Gasteiger partial charge >= 0.3 is 0 Å². The van der Waals surface area contributed by atoms with E-state index in [2.05, 4.69) is 27.5 Å². The average Bonchev–Trinajstić information content (AvgIpc) is 3.61. The van der Waals surface area contributed by atoms with Crippen molar-refractivity contribution in [2.75, 3.05) is 51.3 Å². The number of hydrogen-bond acceptors (Lipinski definition) is 10. The smallest absolute Gasteiger partial charge is 0.243 e. The molecule has 13 heteroatoms. The van der Waals surface area contributed by atoms with Gasteiger partial charge in [0.25, 0.3) is 0 Å². The zero-order chi connectivity index (χ0) is 27.5. The Morgan fingerprint density at radius 2 is 1.79 bits per heavy atom. The SMILES string of the molecule is C=CC(=O)N[C@H]1COC[C@H]1Nc1cc2c(NC3CCOC3)nc(-c3c(Cl)c(OC)cc(OC)c3Cl)nc2cn1. The highest BCUT2D eigenvalue weighted by molar-refractivity contribution is 6.41. The van der Waals surface area contributed by atoms with Gasteiger partial charge in [0.05, 0.1) is 79.5 Å². The molecule has 1 amide bonds. The maximum atomic E-state index is 11.8. The summed E-state index contributed by atoms with van der Waals surface area (Å²) in [5.74, 6) is 1.94. The number of carbonyl (C=O) groups is 1. The number of anilines is 2. The molecule has 0 bridgehead atoms. The predicted octanol–water partition coefficient (Wildman–Crippen LogP) is 3.70. The maximum Gasteiger partial charge on any atom is 0.243 e. The summed E-state index contributed by atoms with van der Waals surface area (Å²) < 4.78 is 22.0. The molecule has 2 aliphatic rings. The zero-order valence-corrected chi connectivity index (χ0v) is 22.9. The summed E-state index contributed by atoms with van der Waals surface area (Å²) in [5, 5.41) is 11.0. The Balaban J connectivity index is 1.56. The number of fused-ring (bicyclic) bond motifs is 1. The number of methoxy groups -OCH3 is 2. The monoisotopic (exact) mass is 574 g/mol. The van der Waals surface area contributed by atoms with E-state index in [4.69, 9.17) is 52.1 Å². The van der Waals surface area contributed by atoms with Crippen LogP contribution in [-0.2, 0) is 14.3 Å². The van der Waals surface area contributed by atoms with Crippen LogP contribution in [0.2, 0.25) is 10.0 Å². The lowest BCUT2D eigenvalue weighted by Gasteiger charge is -2.21. The molecule has 1 unspecified atom stereocenters. The summed E-state index contributed by atoms with van der Waals surface area (Å²) in [4.78, 5) is 26.0. The summed E-state index contributed by atoms with van der Waals surface area (Å²) in [6.07, 6.45) is 3.71. The van der Waals surface area contributed by atoms with E-state index < -0.39 is 0 Å². The quantitative estimate of drug-likeness (QED) is 0.325. The van der Waals surface area contributed by atoms with Crippen molar-refractivity contribution in [1.82, 2.24) is 20.3 Å². The third-order valence-electron chi connectivity index (χ3n) is 6.58. The Morgan fingerprint density at radius 1 is 1.05 bits per heavy atom. The summed E-state index contributed by atoms with van der Waals surface area (Å²) in [6, 6.07) is 3.12. The largest absolute Gasteiger partial charge is 0.495 e. The molecule has 3 atom stereocenters. The van der Waals surface area contributed by atoms with E-state index in [0.29, 0.717) is 60.6 Å². The van der Waals surface area contributed by atoms with E-state index in [1.807, 2.05) is 6.07 Å². The topological polar surface area (TPSA) is 129 Å². The number of hydrogen-bond donors (Lipinski definition) is 3. The van der Waals surface area contributed by atoms with Gasteiger partial charge in [0.1, 0.15) is 23.1 Å². The molecule has 11 nitrogen and oxygen atoms in total. The number of amides is 1. The van der Waals surface area contributed by atoms with Crippen molar-refractivity contribution in [3.8, 4) is 22.9 Å². The molecule has 0 radical (unpaired) electrons. The molecule has 2 saturated heterocycles. The highest BCUT2D eigenvalue weighted by atomic mass is 35.5. The first-order chi connectivity index (χ1) is 18.9. The van der Waals surface area contributed by atoms with Crippen molar-refractivity contribution < 1.29 is 23.7 Å². The summed E-state index contributed by atoms with van der Waals surface area (Å²) in [7, 11) is 3.02. The minimum absolute atomic E-state index is 0.0630. The van der Waals surface area contributed by atoms with Crippen molar-refractivity contribution in [2.45, 2.75) is 24.5 Å². The Hall–Kier alpha value is -3.38. The molecular formula is C26H28Cl2N6O5. The number of nitrogens with zero attached hydrogens (tertiary/aromatic N) is 3. The van der Waals surface area contributed by atoms with Crippen LogP contribution >= 0.6 is 23.2 Å². The second kappa shape index (κ2) is 11.8. The molecule has 5 rings (SSSR count). The number of rotatable bonds is 9. The molecule has 0 spiro atoms. The number of ether oxygens (including phenoxy) is 4. The van der Waals surface area contributed by atoms with Crippen LogP contribution < -0.4 is 25.4 Å². The highest BCUT2D eigenvalue weighted by Crippen LogP contribution is 2.45. The Labute approximate surface area is 235 Å². The molecule has 4 heterocycles. The van der Waals surface area contributed by atoms with E-state index >= 15 is 0 Å². The molecular weight excluding hydrogens is 547 g/mol.